The van der Waals surface area contributed by atoms with Crippen molar-refractivity contribution < 1.29 is 18.6 Å². The lowest BCUT2D eigenvalue weighted by molar-refractivity contribution is -0.278. The summed E-state index contributed by atoms with van der Waals surface area (Å²) in [5.74, 6) is -1.42. The molecule has 4 nitrogen and oxygen atoms in total. The van der Waals surface area contributed by atoms with Crippen LogP contribution < -0.4 is 0 Å². The second kappa shape index (κ2) is 4.92. The molecule has 0 amide bonds. The van der Waals surface area contributed by atoms with E-state index < -0.39 is 19.9 Å². The molecule has 20 heavy (non-hydrogen) atoms. The van der Waals surface area contributed by atoms with Gasteiger partial charge in [-0.25, -0.2) is 0 Å². The van der Waals surface area contributed by atoms with E-state index in [1.54, 1.807) is 0 Å². The van der Waals surface area contributed by atoms with Crippen LogP contribution in [0.3, 0.4) is 0 Å². The molecule has 0 aromatic carbocycles. The molecule has 0 saturated carbocycles. The van der Waals surface area contributed by atoms with E-state index in [2.05, 4.69) is 39.9 Å². The highest BCUT2D eigenvalue weighted by Crippen LogP contribution is 2.43. The van der Waals surface area contributed by atoms with Crippen molar-refractivity contribution in [1.29, 1.82) is 0 Å². The average Bonchev–Trinajstić information content (AvgIpc) is 2.57. The summed E-state index contributed by atoms with van der Waals surface area (Å²) in [6.07, 6.45) is 3.85. The summed E-state index contributed by atoms with van der Waals surface area (Å²) in [6, 6.07) is 0. The van der Waals surface area contributed by atoms with Crippen LogP contribution in [0.1, 0.15) is 34.6 Å². The Labute approximate surface area is 123 Å². The van der Waals surface area contributed by atoms with Gasteiger partial charge in [0, 0.05) is 0 Å². The average molecular weight is 300 g/mol. The Morgan fingerprint density at radius 1 is 1.20 bits per heavy atom. The fourth-order valence-electron chi connectivity index (χ4n) is 2.18. The Morgan fingerprint density at radius 2 is 1.85 bits per heavy atom. The predicted molar refractivity (Wildman–Crippen MR) is 81.0 cm³/mol. The van der Waals surface area contributed by atoms with E-state index in [1.807, 2.05) is 19.9 Å². The highest BCUT2D eigenvalue weighted by Gasteiger charge is 2.55. The molecule has 0 N–H and O–H groups in total. The number of hydrogen-bond acceptors (Lipinski definition) is 4. The topological polar surface area (TPSA) is 36.9 Å². The zero-order chi connectivity index (χ0) is 15.2. The van der Waals surface area contributed by atoms with Crippen LogP contribution in [0.15, 0.2) is 12.2 Å². The number of rotatable bonds is 2. The third-order valence-corrected chi connectivity index (χ3v) is 8.89. The van der Waals surface area contributed by atoms with E-state index in [0.29, 0.717) is 13.2 Å². The van der Waals surface area contributed by atoms with E-state index >= 15 is 0 Å². The SMILES string of the molecule is CC1(C)OC[C@]2(OCC=C[C@@H]2O[Si](C)(C)C(C)(C)C)O1. The molecule has 1 spiro atoms. The molecule has 1 saturated heterocycles. The van der Waals surface area contributed by atoms with E-state index in [1.165, 1.54) is 0 Å². The standard InChI is InChI=1S/C15H28O4Si/c1-13(2,3)20(6,7)18-12-9-8-10-16-15(12)11-17-14(4,5)19-15/h8-9,12H,10-11H2,1-7H3/t12-,15-/m0/s1. The van der Waals surface area contributed by atoms with Crippen LogP contribution in [0.4, 0.5) is 0 Å². The number of hydrogen-bond donors (Lipinski definition) is 0. The van der Waals surface area contributed by atoms with Crippen LogP contribution >= 0.6 is 0 Å². The zero-order valence-electron chi connectivity index (χ0n) is 13.8. The van der Waals surface area contributed by atoms with Gasteiger partial charge >= 0.3 is 0 Å². The zero-order valence-corrected chi connectivity index (χ0v) is 14.8. The highest BCUT2D eigenvalue weighted by atomic mass is 28.4. The first-order chi connectivity index (χ1) is 8.98. The summed E-state index contributed by atoms with van der Waals surface area (Å²) < 4.78 is 24.2. The van der Waals surface area contributed by atoms with Gasteiger partial charge in [-0.2, -0.15) is 0 Å². The molecule has 2 aliphatic heterocycles. The predicted octanol–water partition coefficient (Wildman–Crippen LogP) is 3.44. The van der Waals surface area contributed by atoms with Crippen molar-refractivity contribution in [2.75, 3.05) is 13.2 Å². The number of ether oxygens (including phenoxy) is 3. The van der Waals surface area contributed by atoms with E-state index in [0.717, 1.165) is 0 Å². The quantitative estimate of drug-likeness (QED) is 0.578. The van der Waals surface area contributed by atoms with Gasteiger partial charge in [0.15, 0.2) is 14.1 Å². The first-order valence-corrected chi connectivity index (χ1v) is 10.2. The van der Waals surface area contributed by atoms with Crippen LogP contribution in [0.2, 0.25) is 18.1 Å². The largest absolute Gasteiger partial charge is 0.405 e. The second-order valence-electron chi connectivity index (χ2n) is 7.64. The molecule has 2 atom stereocenters. The van der Waals surface area contributed by atoms with Crippen molar-refractivity contribution in [2.45, 2.75) is 70.4 Å². The molecule has 2 aliphatic rings. The van der Waals surface area contributed by atoms with Crippen LogP contribution in [0.25, 0.3) is 0 Å². The Hall–Kier alpha value is -0.203. The summed E-state index contributed by atoms with van der Waals surface area (Å²) in [7, 11) is -1.90. The van der Waals surface area contributed by atoms with Crippen molar-refractivity contribution in [3.05, 3.63) is 12.2 Å². The third kappa shape index (κ3) is 3.02. The van der Waals surface area contributed by atoms with Crippen molar-refractivity contribution in [3.8, 4) is 0 Å². The molecule has 0 unspecified atom stereocenters. The van der Waals surface area contributed by atoms with Gasteiger partial charge < -0.3 is 18.6 Å². The monoisotopic (exact) mass is 300 g/mol. The summed E-state index contributed by atoms with van der Waals surface area (Å²) in [5, 5.41) is 0.147. The molecule has 5 heteroatoms. The van der Waals surface area contributed by atoms with Crippen molar-refractivity contribution in [3.63, 3.8) is 0 Å². The Kier molecular flexibility index (Phi) is 3.98. The van der Waals surface area contributed by atoms with Crippen LogP contribution in [0, 0.1) is 0 Å². The lowest BCUT2D eigenvalue weighted by Crippen LogP contribution is -2.56. The van der Waals surface area contributed by atoms with Crippen LogP contribution in [-0.2, 0) is 18.6 Å². The van der Waals surface area contributed by atoms with Gasteiger partial charge in [-0.3, -0.25) is 0 Å². The fourth-order valence-corrected chi connectivity index (χ4v) is 3.43. The van der Waals surface area contributed by atoms with E-state index in [9.17, 15) is 0 Å². The Balaban J connectivity index is 2.21. The molecule has 0 aromatic heterocycles. The molecular formula is C15H28O4Si. The first-order valence-electron chi connectivity index (χ1n) is 7.30. The van der Waals surface area contributed by atoms with Gasteiger partial charge in [-0.15, -0.1) is 0 Å². The maximum absolute atomic E-state index is 6.50. The van der Waals surface area contributed by atoms with E-state index in [-0.39, 0.29) is 11.1 Å². The molecule has 2 rings (SSSR count). The van der Waals surface area contributed by atoms with Crippen LogP contribution in [0.5, 0.6) is 0 Å². The molecule has 0 radical (unpaired) electrons. The smallest absolute Gasteiger partial charge is 0.224 e. The summed E-state index contributed by atoms with van der Waals surface area (Å²) >= 11 is 0. The molecule has 1 fully saturated rings. The molecule has 0 aliphatic carbocycles. The normalized spacial score (nSPS) is 33.9. The van der Waals surface area contributed by atoms with Crippen LogP contribution in [-0.4, -0.2) is 39.2 Å². The summed E-state index contributed by atoms with van der Waals surface area (Å²) in [4.78, 5) is 0. The minimum atomic E-state index is -1.90. The molecular weight excluding hydrogens is 272 g/mol. The lowest BCUT2D eigenvalue weighted by Gasteiger charge is -2.44. The molecule has 116 valence electrons. The van der Waals surface area contributed by atoms with Gasteiger partial charge in [-0.05, 0) is 32.0 Å². The van der Waals surface area contributed by atoms with Gasteiger partial charge in [0.25, 0.3) is 0 Å². The lowest BCUT2D eigenvalue weighted by atomic mass is 10.1. The summed E-state index contributed by atoms with van der Waals surface area (Å²) in [5.41, 5.74) is 0. The maximum atomic E-state index is 6.50. The highest BCUT2D eigenvalue weighted by molar-refractivity contribution is 6.74. The Bertz CT molecular complexity index is 397. The molecule has 0 aromatic rings. The minimum absolute atomic E-state index is 0.147. The minimum Gasteiger partial charge on any atom is -0.405 e. The van der Waals surface area contributed by atoms with Crippen molar-refractivity contribution >= 4 is 8.32 Å². The first kappa shape index (κ1) is 16.2. The Morgan fingerprint density at radius 3 is 2.35 bits per heavy atom. The fraction of sp³-hybridized carbons (Fsp3) is 0.867. The summed E-state index contributed by atoms with van der Waals surface area (Å²) in [6.45, 7) is 15.9. The second-order valence-corrected chi connectivity index (χ2v) is 12.4. The van der Waals surface area contributed by atoms with Crippen molar-refractivity contribution in [1.82, 2.24) is 0 Å². The van der Waals surface area contributed by atoms with Crippen molar-refractivity contribution in [2.24, 2.45) is 0 Å². The van der Waals surface area contributed by atoms with Gasteiger partial charge in [-0.1, -0.05) is 32.9 Å². The van der Waals surface area contributed by atoms with E-state index in [4.69, 9.17) is 18.6 Å². The van der Waals surface area contributed by atoms with Gasteiger partial charge in [0.2, 0.25) is 5.79 Å². The molecule has 2 heterocycles. The van der Waals surface area contributed by atoms with Gasteiger partial charge in [0.05, 0.1) is 6.61 Å². The van der Waals surface area contributed by atoms with Gasteiger partial charge in [0.1, 0.15) is 12.7 Å². The third-order valence-electron chi connectivity index (χ3n) is 4.44. The molecule has 0 bridgehead atoms. The maximum Gasteiger partial charge on any atom is 0.224 e.